The Morgan fingerprint density at radius 2 is 1.43 bits per heavy atom. The Bertz CT molecular complexity index is 2290. The smallest absolute Gasteiger partial charge is 0.161 e. The first-order valence-corrected chi connectivity index (χ1v) is 14.8. The van der Waals surface area contributed by atoms with Crippen LogP contribution in [0.2, 0.25) is 0 Å². The molecule has 0 aliphatic carbocycles. The van der Waals surface area contributed by atoms with E-state index in [9.17, 15) is 5.26 Å². The molecule has 0 radical (unpaired) electrons. The van der Waals surface area contributed by atoms with Crippen molar-refractivity contribution in [1.82, 2.24) is 0 Å². The number of fused-ring (bicyclic) bond motifs is 3. The Labute approximate surface area is 266 Å². The SMILES string of the molecule is N#Cc1cccc(C(=N)N=C(N=Cc2ccccc2)c2ccc(Nc3cc4c(cc3-c3ccccc3)oc3ccccc34)cc2)c1. The molecular weight excluding hydrogens is 566 g/mol. The minimum absolute atomic E-state index is 0.0210. The van der Waals surface area contributed by atoms with Crippen molar-refractivity contribution in [2.75, 3.05) is 5.32 Å². The molecule has 1 heterocycles. The fraction of sp³-hybridized carbons (Fsp3) is 0. The number of benzene rings is 6. The third-order valence-corrected chi connectivity index (χ3v) is 7.64. The highest BCUT2D eigenvalue weighted by Gasteiger charge is 2.14. The number of nitrogens with zero attached hydrogens (tertiary/aromatic N) is 3. The minimum Gasteiger partial charge on any atom is -0.456 e. The van der Waals surface area contributed by atoms with Gasteiger partial charge < -0.3 is 9.73 Å². The second-order valence-electron chi connectivity index (χ2n) is 10.7. The van der Waals surface area contributed by atoms with Gasteiger partial charge in [-0.25, -0.2) is 9.98 Å². The summed E-state index contributed by atoms with van der Waals surface area (Å²) in [6.45, 7) is 0. The number of nitrogens with one attached hydrogen (secondary N) is 2. The van der Waals surface area contributed by atoms with Gasteiger partial charge in [0.2, 0.25) is 0 Å². The molecule has 0 aliphatic heterocycles. The number of hydrogen-bond acceptors (Lipinski definition) is 4. The van der Waals surface area contributed by atoms with Crippen molar-refractivity contribution < 1.29 is 4.42 Å². The van der Waals surface area contributed by atoms with Crippen molar-refractivity contribution in [2.45, 2.75) is 0 Å². The van der Waals surface area contributed by atoms with Crippen LogP contribution in [0.5, 0.6) is 0 Å². The van der Waals surface area contributed by atoms with Crippen molar-refractivity contribution in [2.24, 2.45) is 9.98 Å². The van der Waals surface area contributed by atoms with Crippen LogP contribution in [0.25, 0.3) is 33.1 Å². The molecule has 0 fully saturated rings. The van der Waals surface area contributed by atoms with E-state index in [2.05, 4.69) is 51.7 Å². The second kappa shape index (κ2) is 12.6. The molecule has 0 saturated carbocycles. The first-order valence-electron chi connectivity index (χ1n) is 14.8. The van der Waals surface area contributed by atoms with Crippen LogP contribution in [0.1, 0.15) is 22.3 Å². The van der Waals surface area contributed by atoms with Crippen LogP contribution < -0.4 is 5.32 Å². The Kier molecular flexibility index (Phi) is 7.71. The Morgan fingerprint density at radius 3 is 2.22 bits per heavy atom. The number of amidine groups is 2. The van der Waals surface area contributed by atoms with Gasteiger partial charge in [0.05, 0.1) is 11.6 Å². The highest BCUT2D eigenvalue weighted by atomic mass is 16.3. The lowest BCUT2D eigenvalue weighted by Gasteiger charge is -2.14. The van der Waals surface area contributed by atoms with E-state index in [-0.39, 0.29) is 5.84 Å². The van der Waals surface area contributed by atoms with Crippen LogP contribution in [0.4, 0.5) is 11.4 Å². The van der Waals surface area contributed by atoms with E-state index in [1.54, 1.807) is 30.5 Å². The molecule has 0 aliphatic rings. The topological polar surface area (TPSA) is 97.5 Å². The summed E-state index contributed by atoms with van der Waals surface area (Å²) < 4.78 is 6.21. The third-order valence-electron chi connectivity index (χ3n) is 7.64. The third kappa shape index (κ3) is 5.94. The zero-order valence-electron chi connectivity index (χ0n) is 24.7. The number of aliphatic imine (C=N–C) groups is 2. The zero-order chi connectivity index (χ0) is 31.3. The zero-order valence-corrected chi connectivity index (χ0v) is 24.7. The van der Waals surface area contributed by atoms with Crippen LogP contribution in [0.15, 0.2) is 160 Å². The molecule has 6 heteroatoms. The van der Waals surface area contributed by atoms with Crippen molar-refractivity contribution in [3.8, 4) is 17.2 Å². The average molecular weight is 594 g/mol. The molecule has 218 valence electrons. The number of anilines is 2. The quantitative estimate of drug-likeness (QED) is 0.148. The van der Waals surface area contributed by atoms with Crippen molar-refractivity contribution in [3.05, 3.63) is 168 Å². The molecule has 0 saturated heterocycles. The fourth-order valence-corrected chi connectivity index (χ4v) is 5.34. The fourth-order valence-electron chi connectivity index (χ4n) is 5.34. The first-order chi connectivity index (χ1) is 22.6. The summed E-state index contributed by atoms with van der Waals surface area (Å²) in [5.41, 5.74) is 8.31. The molecule has 0 atom stereocenters. The summed E-state index contributed by atoms with van der Waals surface area (Å²) in [7, 11) is 0. The van der Waals surface area contributed by atoms with Crippen LogP contribution in [0, 0.1) is 16.7 Å². The van der Waals surface area contributed by atoms with Gasteiger partial charge in [-0.1, -0.05) is 91.0 Å². The summed E-state index contributed by atoms with van der Waals surface area (Å²) in [5.74, 6) is 0.409. The lowest BCUT2D eigenvalue weighted by atomic mass is 10.0. The number of para-hydroxylation sites is 1. The normalized spacial score (nSPS) is 11.6. The van der Waals surface area contributed by atoms with E-state index in [1.807, 2.05) is 91.0 Å². The van der Waals surface area contributed by atoms with Crippen molar-refractivity contribution >= 4 is 51.2 Å². The number of rotatable bonds is 6. The molecule has 0 spiro atoms. The molecule has 46 heavy (non-hydrogen) atoms. The van der Waals surface area contributed by atoms with Crippen LogP contribution in [0.3, 0.4) is 0 Å². The number of nitriles is 1. The van der Waals surface area contributed by atoms with Gasteiger partial charge in [0, 0.05) is 45.1 Å². The lowest BCUT2D eigenvalue weighted by molar-refractivity contribution is 0.669. The Balaban J connectivity index is 1.25. The second-order valence-corrected chi connectivity index (χ2v) is 10.7. The molecule has 6 aromatic carbocycles. The van der Waals surface area contributed by atoms with Crippen LogP contribution >= 0.6 is 0 Å². The Morgan fingerprint density at radius 1 is 0.696 bits per heavy atom. The molecule has 0 unspecified atom stereocenters. The molecule has 6 nitrogen and oxygen atoms in total. The predicted octanol–water partition coefficient (Wildman–Crippen LogP) is 9.76. The average Bonchev–Trinajstić information content (AvgIpc) is 3.48. The van der Waals surface area contributed by atoms with Gasteiger partial charge in [-0.2, -0.15) is 5.26 Å². The van der Waals surface area contributed by atoms with Gasteiger partial charge in [0.1, 0.15) is 11.2 Å². The summed E-state index contributed by atoms with van der Waals surface area (Å²) in [5, 5.41) is 23.7. The maximum Gasteiger partial charge on any atom is 0.161 e. The van der Waals surface area contributed by atoms with Gasteiger partial charge in [-0.15, -0.1) is 0 Å². The van der Waals surface area contributed by atoms with Gasteiger partial charge in [0.25, 0.3) is 0 Å². The van der Waals surface area contributed by atoms with Gasteiger partial charge in [-0.3, -0.25) is 5.41 Å². The van der Waals surface area contributed by atoms with E-state index in [0.717, 1.165) is 55.6 Å². The molecule has 2 N–H and O–H groups in total. The molecule has 0 bridgehead atoms. The maximum atomic E-state index is 9.32. The van der Waals surface area contributed by atoms with Gasteiger partial charge in [0.15, 0.2) is 11.7 Å². The van der Waals surface area contributed by atoms with Gasteiger partial charge >= 0.3 is 0 Å². The maximum absolute atomic E-state index is 9.32. The summed E-state index contributed by atoms with van der Waals surface area (Å²) in [6, 6.07) is 49.2. The van der Waals surface area contributed by atoms with Crippen molar-refractivity contribution in [1.29, 1.82) is 10.7 Å². The first kappa shape index (κ1) is 28.2. The predicted molar refractivity (Wildman–Crippen MR) is 187 cm³/mol. The standard InChI is InChI=1S/C40H27N5O/c41-25-28-12-9-15-31(22-28)39(42)45-40(43-26-27-10-3-1-4-11-27)30-18-20-32(21-19-30)44-36-23-35-33-16-7-8-17-37(33)46-38(35)24-34(36)29-13-5-2-6-14-29/h1-24,26,42,44H. The number of furan rings is 1. The van der Waals surface area contributed by atoms with E-state index in [1.165, 1.54) is 0 Å². The Hall–Kier alpha value is -6.58. The van der Waals surface area contributed by atoms with Crippen LogP contribution in [-0.2, 0) is 0 Å². The molecule has 1 aromatic heterocycles. The largest absolute Gasteiger partial charge is 0.456 e. The summed E-state index contributed by atoms with van der Waals surface area (Å²) in [4.78, 5) is 9.28. The molecule has 7 rings (SSSR count). The number of hydrogen-bond donors (Lipinski definition) is 2. The summed E-state index contributed by atoms with van der Waals surface area (Å²) >= 11 is 0. The molecule has 7 aromatic rings. The highest BCUT2D eigenvalue weighted by Crippen LogP contribution is 2.38. The van der Waals surface area contributed by atoms with E-state index in [0.29, 0.717) is 17.0 Å². The minimum atomic E-state index is 0.0210. The van der Waals surface area contributed by atoms with Crippen molar-refractivity contribution in [3.63, 3.8) is 0 Å². The molecule has 0 amide bonds. The summed E-state index contributed by atoms with van der Waals surface area (Å²) in [6.07, 6.45) is 1.74. The van der Waals surface area contributed by atoms with Gasteiger partial charge in [-0.05, 0) is 65.7 Å². The monoisotopic (exact) mass is 593 g/mol. The van der Waals surface area contributed by atoms with E-state index in [4.69, 9.17) is 9.83 Å². The highest BCUT2D eigenvalue weighted by molar-refractivity contribution is 6.13. The van der Waals surface area contributed by atoms with Crippen LogP contribution in [-0.4, -0.2) is 17.9 Å². The van der Waals surface area contributed by atoms with E-state index >= 15 is 0 Å². The lowest BCUT2D eigenvalue weighted by Crippen LogP contribution is -2.05. The van der Waals surface area contributed by atoms with E-state index < -0.39 is 0 Å². The molecular formula is C40H27N5O.